The molecule has 0 spiro atoms. The summed E-state index contributed by atoms with van der Waals surface area (Å²) >= 11 is 3.02. The number of imide groups is 1. The van der Waals surface area contributed by atoms with Crippen LogP contribution in [0.1, 0.15) is 11.1 Å². The molecular weight excluding hydrogens is 463 g/mol. The number of carbonyl (C=O) groups is 3. The number of carbonyl (C=O) groups excluding carboxylic acids is 3. The van der Waals surface area contributed by atoms with Gasteiger partial charge in [0.1, 0.15) is 6.54 Å². The molecule has 1 aliphatic rings. The molecule has 26 heavy (non-hydrogen) atoms. The van der Waals surface area contributed by atoms with Crippen LogP contribution in [0.15, 0.2) is 53.4 Å². The van der Waals surface area contributed by atoms with E-state index in [0.717, 1.165) is 31.4 Å². The van der Waals surface area contributed by atoms with Crippen LogP contribution in [-0.4, -0.2) is 28.5 Å². The van der Waals surface area contributed by atoms with Gasteiger partial charge in [0.15, 0.2) is 0 Å². The van der Waals surface area contributed by atoms with Crippen LogP contribution in [0.3, 0.4) is 0 Å². The molecule has 7 heteroatoms. The standard InChI is InChI=1S/C19H15IN2O3S/c1-12-5-4-7-14(9-12)21-17(23)11-22-18(24)16(26-19(22)25)10-13-6-2-3-8-15(13)20/h2-10H,11H2,1H3,(H,21,23). The molecule has 0 unspecified atom stereocenters. The normalized spacial score (nSPS) is 15.6. The summed E-state index contributed by atoms with van der Waals surface area (Å²) < 4.78 is 0.981. The van der Waals surface area contributed by atoms with Gasteiger partial charge in [0, 0.05) is 9.26 Å². The number of hydrogen-bond donors (Lipinski definition) is 1. The number of thioether (sulfide) groups is 1. The first-order valence-electron chi connectivity index (χ1n) is 7.80. The maximum atomic E-state index is 12.5. The van der Waals surface area contributed by atoms with Crippen LogP contribution >= 0.6 is 34.4 Å². The van der Waals surface area contributed by atoms with Crippen LogP contribution in [-0.2, 0) is 9.59 Å². The predicted octanol–water partition coefficient (Wildman–Crippen LogP) is 4.27. The second kappa shape index (κ2) is 8.05. The van der Waals surface area contributed by atoms with Gasteiger partial charge in [-0.3, -0.25) is 19.3 Å². The summed E-state index contributed by atoms with van der Waals surface area (Å²) in [5, 5.41) is 2.27. The lowest BCUT2D eigenvalue weighted by Gasteiger charge is -2.12. The van der Waals surface area contributed by atoms with Crippen LogP contribution in [0.4, 0.5) is 10.5 Å². The first-order valence-corrected chi connectivity index (χ1v) is 9.70. The number of rotatable bonds is 4. The Kier molecular flexibility index (Phi) is 5.77. The van der Waals surface area contributed by atoms with Crippen LogP contribution < -0.4 is 5.32 Å². The molecule has 1 N–H and O–H groups in total. The summed E-state index contributed by atoms with van der Waals surface area (Å²) in [7, 11) is 0. The maximum absolute atomic E-state index is 12.5. The Morgan fingerprint density at radius 3 is 2.69 bits per heavy atom. The van der Waals surface area contributed by atoms with Crippen molar-refractivity contribution in [1.29, 1.82) is 0 Å². The summed E-state index contributed by atoms with van der Waals surface area (Å²) in [6, 6.07) is 14.9. The van der Waals surface area contributed by atoms with E-state index in [1.54, 1.807) is 12.1 Å². The molecule has 3 rings (SSSR count). The van der Waals surface area contributed by atoms with Crippen LogP contribution in [0.25, 0.3) is 6.08 Å². The number of aryl methyl sites for hydroxylation is 1. The third kappa shape index (κ3) is 4.34. The van der Waals surface area contributed by atoms with E-state index in [4.69, 9.17) is 0 Å². The average molecular weight is 478 g/mol. The highest BCUT2D eigenvalue weighted by molar-refractivity contribution is 14.1. The molecule has 2 aromatic carbocycles. The Bertz CT molecular complexity index is 927. The number of amides is 3. The van der Waals surface area contributed by atoms with Crippen molar-refractivity contribution in [2.75, 3.05) is 11.9 Å². The zero-order valence-electron chi connectivity index (χ0n) is 13.9. The van der Waals surface area contributed by atoms with E-state index >= 15 is 0 Å². The number of nitrogens with zero attached hydrogens (tertiary/aromatic N) is 1. The molecule has 1 fully saturated rings. The van der Waals surface area contributed by atoms with Crippen LogP contribution in [0, 0.1) is 10.5 Å². The third-order valence-electron chi connectivity index (χ3n) is 3.67. The van der Waals surface area contributed by atoms with E-state index in [1.807, 2.05) is 49.4 Å². The fourth-order valence-electron chi connectivity index (χ4n) is 2.44. The quantitative estimate of drug-likeness (QED) is 0.527. The fourth-order valence-corrected chi connectivity index (χ4v) is 3.81. The van der Waals surface area contributed by atoms with Gasteiger partial charge >= 0.3 is 0 Å². The SMILES string of the molecule is Cc1cccc(NC(=O)CN2C(=O)SC(=Cc3ccccc3I)C2=O)c1. The van der Waals surface area contributed by atoms with Crippen molar-refractivity contribution < 1.29 is 14.4 Å². The first kappa shape index (κ1) is 18.7. The van der Waals surface area contributed by atoms with Gasteiger partial charge < -0.3 is 5.32 Å². The van der Waals surface area contributed by atoms with Crippen molar-refractivity contribution in [3.63, 3.8) is 0 Å². The lowest BCUT2D eigenvalue weighted by Crippen LogP contribution is -2.36. The molecule has 3 amide bonds. The Hall–Kier alpha value is -2.13. The highest BCUT2D eigenvalue weighted by atomic mass is 127. The zero-order valence-corrected chi connectivity index (χ0v) is 16.8. The second-order valence-electron chi connectivity index (χ2n) is 5.71. The lowest BCUT2D eigenvalue weighted by atomic mass is 10.2. The molecule has 5 nitrogen and oxygen atoms in total. The molecule has 1 saturated heterocycles. The minimum Gasteiger partial charge on any atom is -0.325 e. The first-order chi connectivity index (χ1) is 12.4. The highest BCUT2D eigenvalue weighted by Gasteiger charge is 2.36. The molecule has 0 aromatic heterocycles. The molecule has 1 heterocycles. The largest absolute Gasteiger partial charge is 0.325 e. The molecule has 2 aromatic rings. The molecular formula is C19H15IN2O3S. The zero-order chi connectivity index (χ0) is 18.7. The van der Waals surface area contributed by atoms with E-state index in [2.05, 4.69) is 27.9 Å². The van der Waals surface area contributed by atoms with Crippen LogP contribution in [0.2, 0.25) is 0 Å². The predicted molar refractivity (Wildman–Crippen MR) is 112 cm³/mol. The van der Waals surface area contributed by atoms with E-state index < -0.39 is 17.1 Å². The van der Waals surface area contributed by atoms with Crippen molar-refractivity contribution in [1.82, 2.24) is 4.90 Å². The Morgan fingerprint density at radius 1 is 1.19 bits per heavy atom. The number of anilines is 1. The maximum Gasteiger partial charge on any atom is 0.294 e. The molecule has 0 radical (unpaired) electrons. The van der Waals surface area contributed by atoms with E-state index in [0.29, 0.717) is 10.6 Å². The van der Waals surface area contributed by atoms with Crippen LogP contribution in [0.5, 0.6) is 0 Å². The Morgan fingerprint density at radius 2 is 1.96 bits per heavy atom. The Balaban J connectivity index is 1.71. The summed E-state index contributed by atoms with van der Waals surface area (Å²) in [6.45, 7) is 1.61. The second-order valence-corrected chi connectivity index (χ2v) is 7.86. The molecule has 0 atom stereocenters. The minimum atomic E-state index is -0.445. The van der Waals surface area contributed by atoms with E-state index in [1.165, 1.54) is 0 Å². The van der Waals surface area contributed by atoms with Crippen molar-refractivity contribution in [2.24, 2.45) is 0 Å². The number of halogens is 1. The van der Waals surface area contributed by atoms with Crippen molar-refractivity contribution >= 4 is 63.2 Å². The van der Waals surface area contributed by atoms with Gasteiger partial charge in [0.05, 0.1) is 4.91 Å². The highest BCUT2D eigenvalue weighted by Crippen LogP contribution is 2.32. The third-order valence-corrected chi connectivity index (χ3v) is 5.56. The summed E-state index contributed by atoms with van der Waals surface area (Å²) in [5.41, 5.74) is 2.51. The molecule has 0 bridgehead atoms. The summed E-state index contributed by atoms with van der Waals surface area (Å²) in [6.07, 6.45) is 1.69. The summed E-state index contributed by atoms with van der Waals surface area (Å²) in [4.78, 5) is 38.2. The van der Waals surface area contributed by atoms with Gasteiger partial charge in [-0.1, -0.05) is 30.3 Å². The van der Waals surface area contributed by atoms with Gasteiger partial charge in [0.25, 0.3) is 11.1 Å². The molecule has 0 aliphatic carbocycles. The molecule has 132 valence electrons. The lowest BCUT2D eigenvalue weighted by molar-refractivity contribution is -0.127. The van der Waals surface area contributed by atoms with Gasteiger partial charge in [-0.25, -0.2) is 0 Å². The number of benzene rings is 2. The number of nitrogens with one attached hydrogen (secondary N) is 1. The van der Waals surface area contributed by atoms with Crippen molar-refractivity contribution in [3.8, 4) is 0 Å². The van der Waals surface area contributed by atoms with Gasteiger partial charge in [0.2, 0.25) is 5.91 Å². The topological polar surface area (TPSA) is 66.5 Å². The van der Waals surface area contributed by atoms with Crippen molar-refractivity contribution in [3.05, 3.63) is 68.1 Å². The van der Waals surface area contributed by atoms with Gasteiger partial charge in [-0.15, -0.1) is 0 Å². The summed E-state index contributed by atoms with van der Waals surface area (Å²) in [5.74, 6) is -0.854. The fraction of sp³-hybridized carbons (Fsp3) is 0.105. The van der Waals surface area contributed by atoms with Gasteiger partial charge in [-0.05, 0) is 76.7 Å². The molecule has 1 aliphatic heterocycles. The minimum absolute atomic E-state index is 0.304. The van der Waals surface area contributed by atoms with E-state index in [9.17, 15) is 14.4 Å². The number of hydrogen-bond acceptors (Lipinski definition) is 4. The smallest absolute Gasteiger partial charge is 0.294 e. The molecule has 0 saturated carbocycles. The Labute approximate surface area is 169 Å². The average Bonchev–Trinajstić information content (AvgIpc) is 2.84. The van der Waals surface area contributed by atoms with E-state index in [-0.39, 0.29) is 6.54 Å². The van der Waals surface area contributed by atoms with Crippen molar-refractivity contribution in [2.45, 2.75) is 6.92 Å². The van der Waals surface area contributed by atoms with Gasteiger partial charge in [-0.2, -0.15) is 0 Å². The monoisotopic (exact) mass is 478 g/mol.